The Kier molecular flexibility index (Phi) is 4.59. The van der Waals surface area contributed by atoms with Crippen LogP contribution in [-0.4, -0.2) is 11.8 Å². The fraction of sp³-hybridized carbons (Fsp3) is 0.111. The van der Waals surface area contributed by atoms with E-state index in [0.29, 0.717) is 9.81 Å². The molecule has 23 heavy (non-hydrogen) atoms. The zero-order valence-corrected chi connectivity index (χ0v) is 14.4. The fourth-order valence-electron chi connectivity index (χ4n) is 2.17. The number of hydrogen-bond donors (Lipinski definition) is 1. The van der Waals surface area contributed by atoms with Crippen molar-refractivity contribution in [2.75, 3.05) is 0 Å². The predicted octanol–water partition coefficient (Wildman–Crippen LogP) is 4.06. The third kappa shape index (κ3) is 3.35. The Bertz CT molecular complexity index is 760. The summed E-state index contributed by atoms with van der Waals surface area (Å²) in [7, 11) is 0. The number of carbonyl (C=O) groups excluding carboxylic acids is 2. The number of carbonyl (C=O) groups is 2. The number of benzene rings is 2. The summed E-state index contributed by atoms with van der Waals surface area (Å²) in [5.74, 6) is -0.640. The van der Waals surface area contributed by atoms with Crippen LogP contribution in [0.3, 0.4) is 0 Å². The van der Waals surface area contributed by atoms with E-state index in [1.807, 2.05) is 62.4 Å². The third-order valence-corrected chi connectivity index (χ3v) is 6.13. The molecule has 1 aliphatic heterocycles. The number of rotatable bonds is 4. The molecular weight excluding hydrogens is 326 g/mol. The van der Waals surface area contributed by atoms with Crippen molar-refractivity contribution in [3.05, 3.63) is 69.5 Å². The van der Waals surface area contributed by atoms with Gasteiger partial charge in [-0.25, -0.2) is 0 Å². The average Bonchev–Trinajstić information content (AvgIpc) is 2.78. The van der Waals surface area contributed by atoms with Gasteiger partial charge >= 0.3 is 0 Å². The fourth-order valence-corrected chi connectivity index (χ4v) is 4.27. The molecule has 1 N–H and O–H groups in total. The molecule has 5 heteroatoms. The summed E-state index contributed by atoms with van der Waals surface area (Å²) in [5.41, 5.74) is 2.16. The minimum atomic E-state index is -0.320. The van der Waals surface area contributed by atoms with Gasteiger partial charge in [0.05, 0.1) is 9.81 Å². The standard InChI is InChI=1S/C18H15NO2S2/c1-11-7-3-5-9-13(11)22-15-16(18(21)19-17(15)20)23-14-10-6-4-8-12(14)2/h3-10H,1-2H3,(H,19,20,21). The van der Waals surface area contributed by atoms with E-state index in [4.69, 9.17) is 0 Å². The van der Waals surface area contributed by atoms with Gasteiger partial charge in [0.2, 0.25) is 0 Å². The molecule has 3 nitrogen and oxygen atoms in total. The molecule has 1 aliphatic rings. The molecule has 0 radical (unpaired) electrons. The van der Waals surface area contributed by atoms with E-state index in [9.17, 15) is 9.59 Å². The minimum Gasteiger partial charge on any atom is -0.287 e. The van der Waals surface area contributed by atoms with Crippen molar-refractivity contribution < 1.29 is 9.59 Å². The Morgan fingerprint density at radius 3 is 1.48 bits per heavy atom. The zero-order chi connectivity index (χ0) is 16.4. The Morgan fingerprint density at radius 2 is 1.09 bits per heavy atom. The van der Waals surface area contributed by atoms with Crippen molar-refractivity contribution in [3.63, 3.8) is 0 Å². The van der Waals surface area contributed by atoms with E-state index in [0.717, 1.165) is 20.9 Å². The van der Waals surface area contributed by atoms with Crippen LogP contribution in [0.25, 0.3) is 0 Å². The number of hydrogen-bond acceptors (Lipinski definition) is 4. The SMILES string of the molecule is Cc1ccccc1SC1=C(Sc2ccccc2C)C(=O)NC1=O. The quantitative estimate of drug-likeness (QED) is 0.852. The van der Waals surface area contributed by atoms with Gasteiger partial charge in [0, 0.05) is 9.79 Å². The third-order valence-electron chi connectivity index (χ3n) is 3.46. The highest BCUT2D eigenvalue weighted by atomic mass is 32.2. The number of amides is 2. The van der Waals surface area contributed by atoms with Gasteiger partial charge in [0.25, 0.3) is 11.8 Å². The Balaban J connectivity index is 1.97. The Morgan fingerprint density at radius 1 is 0.696 bits per heavy atom. The molecule has 0 unspecified atom stereocenters. The molecule has 0 spiro atoms. The number of imide groups is 1. The first-order valence-corrected chi connectivity index (χ1v) is 8.76. The molecule has 0 atom stereocenters. The normalized spacial score (nSPS) is 14.3. The topological polar surface area (TPSA) is 46.2 Å². The van der Waals surface area contributed by atoms with E-state index in [1.54, 1.807) is 0 Å². The van der Waals surface area contributed by atoms with E-state index in [-0.39, 0.29) is 11.8 Å². The van der Waals surface area contributed by atoms with Crippen LogP contribution in [0.4, 0.5) is 0 Å². The van der Waals surface area contributed by atoms with Gasteiger partial charge in [-0.05, 0) is 37.1 Å². The lowest BCUT2D eigenvalue weighted by molar-refractivity contribution is -0.123. The maximum absolute atomic E-state index is 12.2. The van der Waals surface area contributed by atoms with Gasteiger partial charge in [-0.3, -0.25) is 14.9 Å². The molecule has 0 saturated heterocycles. The van der Waals surface area contributed by atoms with Gasteiger partial charge in [-0.2, -0.15) is 0 Å². The highest BCUT2D eigenvalue weighted by molar-refractivity contribution is 8.08. The van der Waals surface area contributed by atoms with Crippen molar-refractivity contribution in [3.8, 4) is 0 Å². The molecule has 2 amide bonds. The monoisotopic (exact) mass is 341 g/mol. The van der Waals surface area contributed by atoms with E-state index in [2.05, 4.69) is 5.32 Å². The summed E-state index contributed by atoms with van der Waals surface area (Å²) < 4.78 is 0. The number of thioether (sulfide) groups is 2. The van der Waals surface area contributed by atoms with Crippen LogP contribution >= 0.6 is 23.5 Å². The molecule has 1 heterocycles. The summed E-state index contributed by atoms with van der Waals surface area (Å²) in [6, 6.07) is 15.7. The van der Waals surface area contributed by atoms with Crippen LogP contribution in [0.15, 0.2) is 68.1 Å². The molecular formula is C18H15NO2S2. The highest BCUT2D eigenvalue weighted by Crippen LogP contribution is 2.41. The lowest BCUT2D eigenvalue weighted by atomic mass is 10.2. The van der Waals surface area contributed by atoms with Gasteiger partial charge in [-0.1, -0.05) is 59.9 Å². The molecule has 0 saturated carbocycles. The Labute approximate surface area is 143 Å². The number of aryl methyl sites for hydroxylation is 2. The maximum Gasteiger partial charge on any atom is 0.266 e. The van der Waals surface area contributed by atoms with Crippen LogP contribution in [0.5, 0.6) is 0 Å². The molecule has 2 aromatic rings. The summed E-state index contributed by atoms with van der Waals surface area (Å²) in [6.07, 6.45) is 0. The minimum absolute atomic E-state index is 0.320. The van der Waals surface area contributed by atoms with Crippen LogP contribution in [0.2, 0.25) is 0 Å². The van der Waals surface area contributed by atoms with E-state index >= 15 is 0 Å². The molecule has 2 aromatic carbocycles. The second-order valence-corrected chi connectivity index (χ2v) is 7.28. The van der Waals surface area contributed by atoms with Crippen molar-refractivity contribution in [2.45, 2.75) is 23.6 Å². The van der Waals surface area contributed by atoms with Crippen LogP contribution in [-0.2, 0) is 9.59 Å². The second kappa shape index (κ2) is 6.64. The van der Waals surface area contributed by atoms with E-state index < -0.39 is 0 Å². The largest absolute Gasteiger partial charge is 0.287 e. The van der Waals surface area contributed by atoms with Gasteiger partial charge in [0.15, 0.2) is 0 Å². The zero-order valence-electron chi connectivity index (χ0n) is 12.8. The highest BCUT2D eigenvalue weighted by Gasteiger charge is 2.32. The van der Waals surface area contributed by atoms with Crippen molar-refractivity contribution in [1.29, 1.82) is 0 Å². The molecule has 0 aromatic heterocycles. The molecule has 0 aliphatic carbocycles. The lowest BCUT2D eigenvalue weighted by Crippen LogP contribution is -2.22. The smallest absolute Gasteiger partial charge is 0.266 e. The first kappa shape index (κ1) is 15.9. The van der Waals surface area contributed by atoms with Crippen molar-refractivity contribution in [2.24, 2.45) is 0 Å². The molecule has 0 fully saturated rings. The lowest BCUT2D eigenvalue weighted by Gasteiger charge is -2.07. The molecule has 116 valence electrons. The first-order chi connectivity index (χ1) is 11.1. The van der Waals surface area contributed by atoms with Gasteiger partial charge < -0.3 is 0 Å². The van der Waals surface area contributed by atoms with Crippen LogP contribution < -0.4 is 5.32 Å². The van der Waals surface area contributed by atoms with Crippen LogP contribution in [0, 0.1) is 13.8 Å². The molecule has 3 rings (SSSR count). The maximum atomic E-state index is 12.2. The first-order valence-electron chi connectivity index (χ1n) is 7.13. The van der Waals surface area contributed by atoms with Gasteiger partial charge in [-0.15, -0.1) is 0 Å². The van der Waals surface area contributed by atoms with Crippen molar-refractivity contribution >= 4 is 35.3 Å². The average molecular weight is 341 g/mol. The van der Waals surface area contributed by atoms with Crippen molar-refractivity contribution in [1.82, 2.24) is 5.32 Å². The molecule has 0 bridgehead atoms. The second-order valence-electron chi connectivity index (χ2n) is 5.18. The Hall–Kier alpha value is -1.98. The number of nitrogens with one attached hydrogen (secondary N) is 1. The van der Waals surface area contributed by atoms with E-state index in [1.165, 1.54) is 23.5 Å². The summed E-state index contributed by atoms with van der Waals surface area (Å²) in [4.78, 5) is 27.2. The summed E-state index contributed by atoms with van der Waals surface area (Å²) >= 11 is 2.70. The summed E-state index contributed by atoms with van der Waals surface area (Å²) in [5, 5.41) is 2.40. The summed E-state index contributed by atoms with van der Waals surface area (Å²) in [6.45, 7) is 3.98. The van der Waals surface area contributed by atoms with Gasteiger partial charge in [0.1, 0.15) is 0 Å². The predicted molar refractivity (Wildman–Crippen MR) is 94.2 cm³/mol. The van der Waals surface area contributed by atoms with Crippen LogP contribution in [0.1, 0.15) is 11.1 Å².